The Bertz CT molecular complexity index is 834. The molecule has 2 aliphatic heterocycles. The van der Waals surface area contributed by atoms with E-state index in [1.807, 2.05) is 9.58 Å². The zero-order valence-corrected chi connectivity index (χ0v) is 17.1. The molecule has 2 aromatic rings. The number of ether oxygens (including phenoxy) is 1. The molecule has 0 aliphatic carbocycles. The summed E-state index contributed by atoms with van der Waals surface area (Å²) in [5.74, 6) is 0.680. The molecule has 0 radical (unpaired) electrons. The van der Waals surface area contributed by atoms with E-state index in [0.29, 0.717) is 31.5 Å². The number of nitrogens with one attached hydrogen (secondary N) is 1. The second kappa shape index (κ2) is 7.54. The van der Waals surface area contributed by atoms with Crippen molar-refractivity contribution in [1.82, 2.24) is 19.9 Å². The van der Waals surface area contributed by atoms with E-state index in [-0.39, 0.29) is 18.2 Å². The fourth-order valence-corrected chi connectivity index (χ4v) is 4.25. The second-order valence-corrected chi connectivity index (χ2v) is 8.37. The van der Waals surface area contributed by atoms with Gasteiger partial charge in [-0.2, -0.15) is 0 Å². The molecule has 1 saturated heterocycles. The van der Waals surface area contributed by atoms with E-state index in [4.69, 9.17) is 4.74 Å². The van der Waals surface area contributed by atoms with Crippen LogP contribution < -0.4 is 5.32 Å². The lowest BCUT2D eigenvalue weighted by molar-refractivity contribution is -0.0595. The Labute approximate surface area is 166 Å². The number of aromatic nitrogens is 3. The first-order valence-electron chi connectivity index (χ1n) is 10.1. The third-order valence-electron chi connectivity index (χ3n) is 5.82. The van der Waals surface area contributed by atoms with E-state index < -0.39 is 0 Å². The molecule has 0 unspecified atom stereocenters. The van der Waals surface area contributed by atoms with Crippen LogP contribution in [0.1, 0.15) is 68.8 Å². The normalized spacial score (nSPS) is 21.6. The second-order valence-electron chi connectivity index (χ2n) is 8.37. The van der Waals surface area contributed by atoms with E-state index in [0.717, 1.165) is 17.8 Å². The maximum atomic E-state index is 13.1. The Balaban J connectivity index is 1.51. The molecule has 2 aliphatic rings. The number of piperidine rings is 1. The molecule has 7 nitrogen and oxygen atoms in total. The van der Waals surface area contributed by atoms with Gasteiger partial charge in [-0.1, -0.05) is 51.1 Å². The largest absolute Gasteiger partial charge is 0.368 e. The number of para-hydroxylation sites is 1. The Morgan fingerprint density at radius 1 is 1.21 bits per heavy atom. The monoisotopic (exact) mass is 383 g/mol. The van der Waals surface area contributed by atoms with Gasteiger partial charge in [-0.15, -0.1) is 5.10 Å². The van der Waals surface area contributed by atoms with Crippen LogP contribution in [0.4, 0.5) is 10.5 Å². The van der Waals surface area contributed by atoms with Gasteiger partial charge in [0.15, 0.2) is 0 Å². The molecular formula is C21H29N5O2. The van der Waals surface area contributed by atoms with Gasteiger partial charge in [0.1, 0.15) is 0 Å². The van der Waals surface area contributed by atoms with E-state index in [9.17, 15) is 4.79 Å². The first-order valence-corrected chi connectivity index (χ1v) is 10.1. The molecule has 28 heavy (non-hydrogen) atoms. The molecule has 2 atom stereocenters. The maximum absolute atomic E-state index is 13.1. The summed E-state index contributed by atoms with van der Waals surface area (Å²) in [6.45, 7) is 10.4. The number of benzene rings is 1. The van der Waals surface area contributed by atoms with E-state index in [1.54, 1.807) is 6.20 Å². The third kappa shape index (κ3) is 3.39. The van der Waals surface area contributed by atoms with Gasteiger partial charge in [0, 0.05) is 12.2 Å². The van der Waals surface area contributed by atoms with Crippen molar-refractivity contribution in [2.75, 3.05) is 18.4 Å². The van der Waals surface area contributed by atoms with Gasteiger partial charge in [0.25, 0.3) is 0 Å². The molecular weight excluding hydrogens is 354 g/mol. The molecule has 1 fully saturated rings. The van der Waals surface area contributed by atoms with E-state index in [2.05, 4.69) is 61.5 Å². The highest BCUT2D eigenvalue weighted by atomic mass is 16.5. The number of rotatable bonds is 3. The minimum absolute atomic E-state index is 0.0430. The molecule has 1 aromatic carbocycles. The summed E-state index contributed by atoms with van der Waals surface area (Å²) in [5.41, 5.74) is 4.32. The first kappa shape index (κ1) is 18.9. The summed E-state index contributed by atoms with van der Waals surface area (Å²) in [5, 5.41) is 11.4. The minimum Gasteiger partial charge on any atom is -0.368 e. The van der Waals surface area contributed by atoms with Crippen LogP contribution in [0.2, 0.25) is 0 Å². The number of carbonyl (C=O) groups excluding carboxylic acids is 1. The molecule has 1 N–H and O–H groups in total. The van der Waals surface area contributed by atoms with Crippen LogP contribution in [0.15, 0.2) is 24.4 Å². The van der Waals surface area contributed by atoms with Crippen LogP contribution in [0.3, 0.4) is 0 Å². The van der Waals surface area contributed by atoms with Crippen molar-refractivity contribution in [2.45, 2.75) is 64.7 Å². The lowest BCUT2D eigenvalue weighted by Crippen LogP contribution is -2.51. The van der Waals surface area contributed by atoms with Gasteiger partial charge in [-0.25, -0.2) is 9.48 Å². The van der Waals surface area contributed by atoms with E-state index >= 15 is 0 Å². The molecule has 2 amide bonds. The summed E-state index contributed by atoms with van der Waals surface area (Å²) in [7, 11) is 0. The number of hydrogen-bond acceptors (Lipinski definition) is 4. The van der Waals surface area contributed by atoms with Crippen LogP contribution in [0, 0.1) is 0 Å². The lowest BCUT2D eigenvalue weighted by Gasteiger charge is -2.41. The molecule has 7 heteroatoms. The zero-order chi connectivity index (χ0) is 19.8. The molecule has 150 valence electrons. The van der Waals surface area contributed by atoms with Gasteiger partial charge >= 0.3 is 6.03 Å². The van der Waals surface area contributed by atoms with Crippen LogP contribution >= 0.6 is 0 Å². The summed E-state index contributed by atoms with van der Waals surface area (Å²) in [4.78, 5) is 15.0. The van der Waals surface area contributed by atoms with Crippen LogP contribution in [0.5, 0.6) is 0 Å². The maximum Gasteiger partial charge on any atom is 0.321 e. The van der Waals surface area contributed by atoms with Crippen molar-refractivity contribution >= 4 is 11.7 Å². The number of hydrogen-bond donors (Lipinski definition) is 1. The van der Waals surface area contributed by atoms with Crippen LogP contribution in [-0.4, -0.2) is 45.1 Å². The number of urea groups is 1. The SMILES string of the molecule is CC(C)c1cccc(C(C)C)c1NC(=O)N1CC[C@H]2[C@H](C1)OCc1cnnn12. The van der Waals surface area contributed by atoms with Crippen LogP contribution in [0.25, 0.3) is 0 Å². The average Bonchev–Trinajstić information content (AvgIpc) is 3.16. The molecule has 1 aromatic heterocycles. The Hall–Kier alpha value is -2.41. The number of carbonyl (C=O) groups is 1. The van der Waals surface area contributed by atoms with Crippen molar-refractivity contribution in [3.8, 4) is 0 Å². The number of anilines is 1. The van der Waals surface area contributed by atoms with Gasteiger partial charge in [0.05, 0.1) is 37.2 Å². The number of nitrogens with zero attached hydrogens (tertiary/aromatic N) is 4. The van der Waals surface area contributed by atoms with Gasteiger partial charge in [-0.3, -0.25) is 0 Å². The molecule has 0 spiro atoms. The summed E-state index contributed by atoms with van der Waals surface area (Å²) in [6, 6.07) is 6.40. The lowest BCUT2D eigenvalue weighted by atomic mass is 9.92. The predicted molar refractivity (Wildman–Crippen MR) is 107 cm³/mol. The summed E-state index contributed by atoms with van der Waals surface area (Å²) >= 11 is 0. The number of likely N-dealkylation sites (tertiary alicyclic amines) is 1. The quantitative estimate of drug-likeness (QED) is 0.872. The topological polar surface area (TPSA) is 72.3 Å². The summed E-state index contributed by atoms with van der Waals surface area (Å²) < 4.78 is 7.97. The predicted octanol–water partition coefficient (Wildman–Crippen LogP) is 3.90. The van der Waals surface area contributed by atoms with Crippen molar-refractivity contribution in [3.05, 3.63) is 41.2 Å². The molecule has 3 heterocycles. The van der Waals surface area contributed by atoms with Crippen molar-refractivity contribution in [3.63, 3.8) is 0 Å². The summed E-state index contributed by atoms with van der Waals surface area (Å²) in [6.07, 6.45) is 2.53. The van der Waals surface area contributed by atoms with E-state index in [1.165, 1.54) is 11.1 Å². The molecule has 0 saturated carbocycles. The molecule has 0 bridgehead atoms. The Morgan fingerprint density at radius 2 is 1.93 bits per heavy atom. The first-order chi connectivity index (χ1) is 13.5. The minimum atomic E-state index is -0.0542. The van der Waals surface area contributed by atoms with Crippen molar-refractivity contribution in [2.24, 2.45) is 0 Å². The fourth-order valence-electron chi connectivity index (χ4n) is 4.25. The van der Waals surface area contributed by atoms with Gasteiger partial charge in [-0.05, 0) is 29.4 Å². The smallest absolute Gasteiger partial charge is 0.321 e. The van der Waals surface area contributed by atoms with Crippen molar-refractivity contribution in [1.29, 1.82) is 0 Å². The highest BCUT2D eigenvalue weighted by molar-refractivity contribution is 5.91. The zero-order valence-electron chi connectivity index (χ0n) is 17.1. The van der Waals surface area contributed by atoms with Crippen molar-refractivity contribution < 1.29 is 9.53 Å². The highest BCUT2D eigenvalue weighted by Gasteiger charge is 2.38. The highest BCUT2D eigenvalue weighted by Crippen LogP contribution is 2.34. The number of fused-ring (bicyclic) bond motifs is 3. The standard InChI is InChI=1S/C21H29N5O2/c1-13(2)16-6-5-7-17(14(3)4)20(16)23-21(27)25-9-8-18-19(11-25)28-12-15-10-22-24-26(15)18/h5-7,10,13-14,18-19H,8-9,11-12H2,1-4H3,(H,23,27)/t18-,19-/m0/s1. The van der Waals surface area contributed by atoms with Crippen LogP contribution in [-0.2, 0) is 11.3 Å². The average molecular weight is 383 g/mol. The van der Waals surface area contributed by atoms with Gasteiger partial charge in [0.2, 0.25) is 0 Å². The Kier molecular flexibility index (Phi) is 5.10. The fraction of sp³-hybridized carbons (Fsp3) is 0.571. The molecule has 4 rings (SSSR count). The third-order valence-corrected chi connectivity index (χ3v) is 5.82. The Morgan fingerprint density at radius 3 is 2.61 bits per heavy atom. The van der Waals surface area contributed by atoms with Gasteiger partial charge < -0.3 is 15.0 Å². The number of amides is 2.